The molecule has 4 heteroatoms. The average Bonchev–Trinajstić information content (AvgIpc) is 2.99. The summed E-state index contributed by atoms with van der Waals surface area (Å²) in [5.41, 5.74) is 5.84. The van der Waals surface area contributed by atoms with Crippen LogP contribution in [0.1, 0.15) is 56.6 Å². The first-order valence-corrected chi connectivity index (χ1v) is 6.22. The van der Waals surface area contributed by atoms with E-state index in [2.05, 4.69) is 23.9 Å². The number of hydrogen-bond acceptors (Lipinski definition) is 3. The zero-order valence-corrected chi connectivity index (χ0v) is 10.5. The van der Waals surface area contributed by atoms with Gasteiger partial charge in [0, 0.05) is 25.4 Å². The highest BCUT2D eigenvalue weighted by Gasteiger charge is 2.29. The standard InChI is InChI=1S/C12H22N4/c1-8(2)6-10(7-13)12-14-11(9-4-5-9)15-16(12)3/h8-10H,4-7,13H2,1-3H3. The van der Waals surface area contributed by atoms with Crippen molar-refractivity contribution in [2.45, 2.75) is 44.9 Å². The third-order valence-electron chi connectivity index (χ3n) is 3.16. The van der Waals surface area contributed by atoms with Gasteiger partial charge in [-0.15, -0.1) is 0 Å². The molecule has 90 valence electrons. The van der Waals surface area contributed by atoms with Gasteiger partial charge in [0.2, 0.25) is 0 Å². The molecule has 0 bridgehead atoms. The normalized spacial score (nSPS) is 18.1. The lowest BCUT2D eigenvalue weighted by Crippen LogP contribution is -2.18. The molecular weight excluding hydrogens is 200 g/mol. The zero-order chi connectivity index (χ0) is 11.7. The number of rotatable bonds is 5. The van der Waals surface area contributed by atoms with Gasteiger partial charge in [0.1, 0.15) is 5.82 Å². The highest BCUT2D eigenvalue weighted by atomic mass is 15.3. The molecule has 0 aliphatic heterocycles. The van der Waals surface area contributed by atoms with Crippen LogP contribution < -0.4 is 5.73 Å². The van der Waals surface area contributed by atoms with Gasteiger partial charge in [0.15, 0.2) is 5.82 Å². The fourth-order valence-electron chi connectivity index (χ4n) is 2.16. The van der Waals surface area contributed by atoms with Crippen LogP contribution in [0, 0.1) is 5.92 Å². The Morgan fingerprint density at radius 1 is 1.44 bits per heavy atom. The molecule has 1 heterocycles. The molecule has 1 aromatic rings. The number of aryl methyl sites for hydroxylation is 1. The lowest BCUT2D eigenvalue weighted by molar-refractivity contribution is 0.472. The van der Waals surface area contributed by atoms with Gasteiger partial charge in [-0.05, 0) is 25.2 Å². The van der Waals surface area contributed by atoms with Crippen LogP contribution in [0.5, 0.6) is 0 Å². The van der Waals surface area contributed by atoms with Crippen molar-refractivity contribution in [1.82, 2.24) is 14.8 Å². The van der Waals surface area contributed by atoms with Crippen molar-refractivity contribution in [3.05, 3.63) is 11.6 Å². The van der Waals surface area contributed by atoms with E-state index in [4.69, 9.17) is 5.73 Å². The number of nitrogens with two attached hydrogens (primary N) is 1. The maximum Gasteiger partial charge on any atom is 0.154 e. The summed E-state index contributed by atoms with van der Waals surface area (Å²) in [5, 5.41) is 4.50. The summed E-state index contributed by atoms with van der Waals surface area (Å²) < 4.78 is 1.92. The summed E-state index contributed by atoms with van der Waals surface area (Å²) >= 11 is 0. The van der Waals surface area contributed by atoms with Crippen molar-refractivity contribution >= 4 is 0 Å². The maximum atomic E-state index is 5.84. The van der Waals surface area contributed by atoms with E-state index in [1.807, 2.05) is 11.7 Å². The molecule has 1 saturated carbocycles. The van der Waals surface area contributed by atoms with Gasteiger partial charge in [0.05, 0.1) is 0 Å². The monoisotopic (exact) mass is 222 g/mol. The SMILES string of the molecule is CC(C)CC(CN)c1nc(C2CC2)nn1C. The summed E-state index contributed by atoms with van der Waals surface area (Å²) in [6, 6.07) is 0. The summed E-state index contributed by atoms with van der Waals surface area (Å²) in [6.45, 7) is 5.11. The summed E-state index contributed by atoms with van der Waals surface area (Å²) in [6.07, 6.45) is 3.59. The second kappa shape index (κ2) is 4.53. The number of aromatic nitrogens is 3. The fraction of sp³-hybridized carbons (Fsp3) is 0.833. The molecule has 16 heavy (non-hydrogen) atoms. The quantitative estimate of drug-likeness (QED) is 0.826. The number of hydrogen-bond donors (Lipinski definition) is 1. The van der Waals surface area contributed by atoms with Crippen LogP contribution in [0.25, 0.3) is 0 Å². The molecule has 1 fully saturated rings. The maximum absolute atomic E-state index is 5.84. The molecule has 2 rings (SSSR count). The van der Waals surface area contributed by atoms with Gasteiger partial charge in [0.25, 0.3) is 0 Å². The molecule has 2 N–H and O–H groups in total. The van der Waals surface area contributed by atoms with Crippen LogP contribution in [0.3, 0.4) is 0 Å². The average molecular weight is 222 g/mol. The van der Waals surface area contributed by atoms with E-state index in [1.54, 1.807) is 0 Å². The van der Waals surface area contributed by atoms with E-state index >= 15 is 0 Å². The molecule has 1 aliphatic carbocycles. The molecular formula is C12H22N4. The molecule has 1 atom stereocenters. The lowest BCUT2D eigenvalue weighted by atomic mass is 9.96. The van der Waals surface area contributed by atoms with E-state index in [0.29, 0.717) is 24.3 Å². The second-order valence-electron chi connectivity index (χ2n) is 5.29. The Morgan fingerprint density at radius 3 is 2.62 bits per heavy atom. The Morgan fingerprint density at radius 2 is 2.12 bits per heavy atom. The molecule has 0 amide bonds. The zero-order valence-electron chi connectivity index (χ0n) is 10.5. The van der Waals surface area contributed by atoms with Crippen molar-refractivity contribution < 1.29 is 0 Å². The Labute approximate surface area is 97.2 Å². The highest BCUT2D eigenvalue weighted by molar-refractivity contribution is 5.09. The number of nitrogens with zero attached hydrogens (tertiary/aromatic N) is 3. The highest BCUT2D eigenvalue weighted by Crippen LogP contribution is 2.38. The van der Waals surface area contributed by atoms with E-state index in [9.17, 15) is 0 Å². The minimum absolute atomic E-state index is 0.352. The first kappa shape index (κ1) is 11.6. The lowest BCUT2D eigenvalue weighted by Gasteiger charge is -2.15. The minimum atomic E-state index is 0.352. The van der Waals surface area contributed by atoms with Crippen molar-refractivity contribution in [3.8, 4) is 0 Å². The van der Waals surface area contributed by atoms with Gasteiger partial charge in [-0.1, -0.05) is 13.8 Å². The van der Waals surface area contributed by atoms with Crippen molar-refractivity contribution in [1.29, 1.82) is 0 Å². The van der Waals surface area contributed by atoms with Crippen LogP contribution in [0.15, 0.2) is 0 Å². The fourth-order valence-corrected chi connectivity index (χ4v) is 2.16. The van der Waals surface area contributed by atoms with Crippen LogP contribution >= 0.6 is 0 Å². The van der Waals surface area contributed by atoms with E-state index in [-0.39, 0.29) is 0 Å². The van der Waals surface area contributed by atoms with Crippen LogP contribution in [-0.4, -0.2) is 21.3 Å². The molecule has 0 spiro atoms. The molecule has 1 unspecified atom stereocenters. The van der Waals surface area contributed by atoms with Gasteiger partial charge >= 0.3 is 0 Å². The predicted molar refractivity (Wildman–Crippen MR) is 64.2 cm³/mol. The van der Waals surface area contributed by atoms with E-state index in [1.165, 1.54) is 12.8 Å². The molecule has 1 aromatic heterocycles. The van der Waals surface area contributed by atoms with E-state index < -0.39 is 0 Å². The predicted octanol–water partition coefficient (Wildman–Crippen LogP) is 1.78. The largest absolute Gasteiger partial charge is 0.330 e. The van der Waals surface area contributed by atoms with Crippen LogP contribution in [0.4, 0.5) is 0 Å². The van der Waals surface area contributed by atoms with Gasteiger partial charge < -0.3 is 5.73 Å². The summed E-state index contributed by atoms with van der Waals surface area (Å²) in [4.78, 5) is 4.67. The molecule has 4 nitrogen and oxygen atoms in total. The molecule has 0 radical (unpaired) electrons. The summed E-state index contributed by atoms with van der Waals surface area (Å²) in [7, 11) is 1.98. The van der Waals surface area contributed by atoms with Gasteiger partial charge in [-0.2, -0.15) is 5.10 Å². The van der Waals surface area contributed by atoms with Gasteiger partial charge in [-0.25, -0.2) is 4.98 Å². The third-order valence-corrected chi connectivity index (χ3v) is 3.16. The first-order valence-electron chi connectivity index (χ1n) is 6.22. The van der Waals surface area contributed by atoms with E-state index in [0.717, 1.165) is 18.1 Å². The summed E-state index contributed by atoms with van der Waals surface area (Å²) in [5.74, 6) is 3.72. The smallest absolute Gasteiger partial charge is 0.154 e. The molecule has 0 saturated heterocycles. The Balaban J connectivity index is 2.16. The van der Waals surface area contributed by atoms with Crippen LogP contribution in [0.2, 0.25) is 0 Å². The minimum Gasteiger partial charge on any atom is -0.330 e. The third kappa shape index (κ3) is 2.43. The Kier molecular flexibility index (Phi) is 3.28. The molecule has 0 aromatic carbocycles. The van der Waals surface area contributed by atoms with Crippen molar-refractivity contribution in [2.24, 2.45) is 18.7 Å². The van der Waals surface area contributed by atoms with Gasteiger partial charge in [-0.3, -0.25) is 4.68 Å². The molecule has 1 aliphatic rings. The van der Waals surface area contributed by atoms with Crippen LogP contribution in [-0.2, 0) is 7.05 Å². The topological polar surface area (TPSA) is 56.7 Å². The van der Waals surface area contributed by atoms with Crippen molar-refractivity contribution in [2.75, 3.05) is 6.54 Å². The Bertz CT molecular complexity index is 352. The second-order valence-corrected chi connectivity index (χ2v) is 5.29. The first-order chi connectivity index (χ1) is 7.61. The Hall–Kier alpha value is -0.900. The van der Waals surface area contributed by atoms with Crippen molar-refractivity contribution in [3.63, 3.8) is 0 Å².